The van der Waals surface area contributed by atoms with Crippen molar-refractivity contribution in [1.82, 2.24) is 10.2 Å². The van der Waals surface area contributed by atoms with Crippen molar-refractivity contribution in [2.24, 2.45) is 5.41 Å². The lowest BCUT2D eigenvalue weighted by Gasteiger charge is -2.36. The van der Waals surface area contributed by atoms with Crippen molar-refractivity contribution >= 4 is 18.0 Å². The molecule has 0 unspecified atom stereocenters. The predicted molar refractivity (Wildman–Crippen MR) is 135 cm³/mol. The topological polar surface area (TPSA) is 95.9 Å². The number of rotatable bonds is 9. The maximum absolute atomic E-state index is 13.4. The molecule has 0 spiro atoms. The largest absolute Gasteiger partial charge is 0.481 e. The van der Waals surface area contributed by atoms with Gasteiger partial charge in [-0.2, -0.15) is 0 Å². The molecule has 0 fully saturated rings. The maximum atomic E-state index is 13.4. The highest BCUT2D eigenvalue weighted by Crippen LogP contribution is 2.44. The molecule has 35 heavy (non-hydrogen) atoms. The van der Waals surface area contributed by atoms with Gasteiger partial charge in [0, 0.05) is 24.9 Å². The van der Waals surface area contributed by atoms with Gasteiger partial charge in [0.25, 0.3) is 0 Å². The van der Waals surface area contributed by atoms with Gasteiger partial charge in [-0.05, 0) is 47.9 Å². The average Bonchev–Trinajstić information content (AvgIpc) is 3.11. The quantitative estimate of drug-likeness (QED) is 0.524. The third kappa shape index (κ3) is 6.21. The fourth-order valence-corrected chi connectivity index (χ4v) is 4.60. The van der Waals surface area contributed by atoms with Crippen LogP contribution in [0.25, 0.3) is 11.1 Å². The molecule has 2 aromatic carbocycles. The first kappa shape index (κ1) is 26.3. The fraction of sp³-hybridized carbons (Fsp3) is 0.464. The molecule has 0 bridgehead atoms. The summed E-state index contributed by atoms with van der Waals surface area (Å²) < 4.78 is 5.67. The van der Waals surface area contributed by atoms with E-state index in [0.29, 0.717) is 13.0 Å². The van der Waals surface area contributed by atoms with Gasteiger partial charge in [-0.15, -0.1) is 0 Å². The lowest BCUT2D eigenvalue weighted by Crippen LogP contribution is -2.56. The second-order valence-corrected chi connectivity index (χ2v) is 10.4. The molecule has 1 aliphatic rings. The Morgan fingerprint density at radius 1 is 1.00 bits per heavy atom. The Balaban J connectivity index is 1.70. The van der Waals surface area contributed by atoms with Gasteiger partial charge in [-0.3, -0.25) is 9.59 Å². The van der Waals surface area contributed by atoms with Crippen LogP contribution in [-0.2, 0) is 14.3 Å². The molecule has 0 radical (unpaired) electrons. The first-order valence-corrected chi connectivity index (χ1v) is 12.1. The molecule has 1 atom stereocenters. The molecular weight excluding hydrogens is 444 g/mol. The van der Waals surface area contributed by atoms with Crippen LogP contribution in [0.3, 0.4) is 0 Å². The van der Waals surface area contributed by atoms with E-state index in [0.717, 1.165) is 22.3 Å². The summed E-state index contributed by atoms with van der Waals surface area (Å²) in [6.45, 7) is 9.88. The van der Waals surface area contributed by atoms with E-state index in [1.807, 2.05) is 58.9 Å². The van der Waals surface area contributed by atoms with Gasteiger partial charge in [0.2, 0.25) is 5.91 Å². The lowest BCUT2D eigenvalue weighted by atomic mass is 9.85. The number of ether oxygens (including phenoxy) is 1. The van der Waals surface area contributed by atoms with Crippen molar-refractivity contribution in [3.8, 4) is 11.1 Å². The summed E-state index contributed by atoms with van der Waals surface area (Å²) in [6.07, 6.45) is -0.313. The molecule has 0 aliphatic heterocycles. The van der Waals surface area contributed by atoms with Crippen LogP contribution < -0.4 is 5.32 Å². The van der Waals surface area contributed by atoms with Crippen LogP contribution in [0, 0.1) is 5.41 Å². The zero-order valence-corrected chi connectivity index (χ0v) is 21.2. The number of hydrogen-bond acceptors (Lipinski definition) is 4. The fourth-order valence-electron chi connectivity index (χ4n) is 4.60. The number of carbonyl (C=O) groups is 3. The van der Waals surface area contributed by atoms with Crippen molar-refractivity contribution in [3.05, 3.63) is 59.7 Å². The van der Waals surface area contributed by atoms with Gasteiger partial charge in [-0.25, -0.2) is 4.79 Å². The lowest BCUT2D eigenvalue weighted by molar-refractivity contribution is -0.140. The molecule has 0 aromatic heterocycles. The highest BCUT2D eigenvalue weighted by atomic mass is 16.5. The minimum atomic E-state index is -0.898. The third-order valence-corrected chi connectivity index (χ3v) is 6.41. The molecule has 1 aliphatic carbocycles. The van der Waals surface area contributed by atoms with Crippen LogP contribution in [0.1, 0.15) is 64.5 Å². The van der Waals surface area contributed by atoms with E-state index >= 15 is 0 Å². The molecule has 2 N–H and O–H groups in total. The van der Waals surface area contributed by atoms with Crippen LogP contribution in [0.15, 0.2) is 48.5 Å². The van der Waals surface area contributed by atoms with Gasteiger partial charge in [0.05, 0.1) is 0 Å². The molecule has 7 heteroatoms. The minimum absolute atomic E-state index is 0.0174. The van der Waals surface area contributed by atoms with Gasteiger partial charge in [-0.1, -0.05) is 69.3 Å². The highest BCUT2D eigenvalue weighted by molar-refractivity contribution is 5.87. The number of fused-ring (bicyclic) bond motifs is 3. The number of aliphatic carboxylic acids is 1. The summed E-state index contributed by atoms with van der Waals surface area (Å²) in [5, 5.41) is 11.7. The van der Waals surface area contributed by atoms with E-state index < -0.39 is 23.5 Å². The van der Waals surface area contributed by atoms with Crippen molar-refractivity contribution in [1.29, 1.82) is 0 Å². The second kappa shape index (κ2) is 10.9. The average molecular weight is 481 g/mol. The monoisotopic (exact) mass is 480 g/mol. The summed E-state index contributed by atoms with van der Waals surface area (Å²) >= 11 is 0. The zero-order valence-electron chi connectivity index (χ0n) is 21.2. The van der Waals surface area contributed by atoms with Crippen molar-refractivity contribution < 1.29 is 24.2 Å². The molecule has 7 nitrogen and oxygen atoms in total. The Bertz CT molecular complexity index is 1030. The van der Waals surface area contributed by atoms with Crippen LogP contribution in [-0.4, -0.2) is 53.2 Å². The Kier molecular flexibility index (Phi) is 8.20. The van der Waals surface area contributed by atoms with Crippen molar-refractivity contribution in [2.75, 3.05) is 13.2 Å². The van der Waals surface area contributed by atoms with Crippen LogP contribution in [0.4, 0.5) is 4.79 Å². The molecule has 188 valence electrons. The first-order chi connectivity index (χ1) is 16.5. The summed E-state index contributed by atoms with van der Waals surface area (Å²) in [6, 6.07) is 15.3. The predicted octanol–water partition coefficient (Wildman–Crippen LogP) is 5.04. The zero-order chi connectivity index (χ0) is 25.8. The molecule has 2 aromatic rings. The number of carbonyl (C=O) groups excluding carboxylic acids is 2. The van der Waals surface area contributed by atoms with E-state index in [1.165, 1.54) is 0 Å². The number of alkyl carbamates (subject to hydrolysis) is 1. The molecular formula is C28H36N2O5. The summed E-state index contributed by atoms with van der Waals surface area (Å²) in [5.41, 5.74) is 3.97. The number of nitrogens with one attached hydrogen (secondary N) is 1. The van der Waals surface area contributed by atoms with Crippen molar-refractivity contribution in [3.63, 3.8) is 0 Å². The summed E-state index contributed by atoms with van der Waals surface area (Å²) in [5.74, 6) is -1.21. The van der Waals surface area contributed by atoms with Gasteiger partial charge < -0.3 is 20.1 Å². The second-order valence-electron chi connectivity index (χ2n) is 10.4. The first-order valence-electron chi connectivity index (χ1n) is 12.1. The van der Waals surface area contributed by atoms with E-state index in [4.69, 9.17) is 9.84 Å². The van der Waals surface area contributed by atoms with Crippen LogP contribution in [0.5, 0.6) is 0 Å². The Morgan fingerprint density at radius 2 is 1.54 bits per heavy atom. The summed E-state index contributed by atoms with van der Waals surface area (Å²) in [4.78, 5) is 38.9. The molecule has 0 saturated heterocycles. The summed E-state index contributed by atoms with van der Waals surface area (Å²) in [7, 11) is 0. The Labute approximate surface area is 207 Å². The number of hydrogen-bond donors (Lipinski definition) is 2. The smallest absolute Gasteiger partial charge is 0.407 e. The maximum Gasteiger partial charge on any atom is 0.407 e. The number of carboxylic acids is 1. The minimum Gasteiger partial charge on any atom is -0.481 e. The van der Waals surface area contributed by atoms with E-state index in [2.05, 4.69) is 29.6 Å². The van der Waals surface area contributed by atoms with Gasteiger partial charge >= 0.3 is 12.1 Å². The highest BCUT2D eigenvalue weighted by Gasteiger charge is 2.37. The normalized spacial score (nSPS) is 13.7. The van der Waals surface area contributed by atoms with E-state index in [9.17, 15) is 14.4 Å². The molecule has 0 heterocycles. The van der Waals surface area contributed by atoms with Crippen LogP contribution >= 0.6 is 0 Å². The van der Waals surface area contributed by atoms with Gasteiger partial charge in [0.1, 0.15) is 12.6 Å². The SMILES string of the molecule is CC(C)N(CCCC(=O)O)C(=O)[C@H](NC(=O)OCC1c2ccccc2-c2ccccc21)C(C)(C)C. The molecule has 0 saturated carbocycles. The Hall–Kier alpha value is -3.35. The third-order valence-electron chi connectivity index (χ3n) is 6.41. The standard InChI is InChI=1S/C28H36N2O5/c1-18(2)30(16-10-15-24(31)32)26(33)25(28(3,4)5)29-27(34)35-17-23-21-13-8-6-11-19(21)20-12-7-9-14-22(20)23/h6-9,11-14,18,23,25H,10,15-17H2,1-5H3,(H,29,34)(H,31,32)/t25-/m0/s1. The number of amides is 2. The molecule has 2 amide bonds. The number of benzene rings is 2. The van der Waals surface area contributed by atoms with Gasteiger partial charge in [0.15, 0.2) is 0 Å². The van der Waals surface area contributed by atoms with E-state index in [1.54, 1.807) is 4.90 Å². The number of carboxylic acid groups (broad SMARTS) is 1. The number of nitrogens with zero attached hydrogens (tertiary/aromatic N) is 1. The van der Waals surface area contributed by atoms with Crippen LogP contribution in [0.2, 0.25) is 0 Å². The van der Waals surface area contributed by atoms with E-state index in [-0.39, 0.29) is 30.9 Å². The Morgan fingerprint density at radius 3 is 2.03 bits per heavy atom. The molecule has 3 rings (SSSR count). The van der Waals surface area contributed by atoms with Crippen molar-refractivity contribution in [2.45, 2.75) is 65.5 Å².